The Hall–Kier alpha value is -0.340. The Kier molecular flexibility index (Phi) is 3.76. The molecule has 0 aliphatic heterocycles. The van der Waals surface area contributed by atoms with Gasteiger partial charge in [-0.05, 0) is 41.1 Å². The third-order valence-electron chi connectivity index (χ3n) is 1.95. The summed E-state index contributed by atoms with van der Waals surface area (Å²) in [4.78, 5) is 0. The van der Waals surface area contributed by atoms with Gasteiger partial charge < -0.3 is 5.11 Å². The van der Waals surface area contributed by atoms with E-state index in [2.05, 4.69) is 13.8 Å². The van der Waals surface area contributed by atoms with Gasteiger partial charge in [-0.3, -0.25) is 0 Å². The lowest BCUT2D eigenvalue weighted by Crippen LogP contribution is -1.98. The molecule has 1 heterocycles. The van der Waals surface area contributed by atoms with Crippen molar-refractivity contribution in [3.8, 4) is 0 Å². The topological polar surface area (TPSA) is 20.2 Å². The Morgan fingerprint density at radius 2 is 2.17 bits per heavy atom. The molecular formula is C10H16OS. The molecule has 68 valence electrons. The quantitative estimate of drug-likeness (QED) is 0.761. The summed E-state index contributed by atoms with van der Waals surface area (Å²) in [5.41, 5.74) is 1.07. The van der Waals surface area contributed by atoms with E-state index in [4.69, 9.17) is 0 Å². The Balaban J connectivity index is 2.34. The van der Waals surface area contributed by atoms with Gasteiger partial charge in [-0.2, -0.15) is 11.3 Å². The van der Waals surface area contributed by atoms with Crippen LogP contribution in [0.4, 0.5) is 0 Å². The largest absolute Gasteiger partial charge is 0.388 e. The first-order chi connectivity index (χ1) is 5.70. The van der Waals surface area contributed by atoms with Crippen LogP contribution in [-0.4, -0.2) is 5.11 Å². The number of rotatable bonds is 4. The normalized spacial score (nSPS) is 13.7. The lowest BCUT2D eigenvalue weighted by molar-refractivity contribution is 0.159. The SMILES string of the molecule is CC(C)CCC(O)c1ccsc1. The summed E-state index contributed by atoms with van der Waals surface area (Å²) in [6.07, 6.45) is 1.73. The fourth-order valence-electron chi connectivity index (χ4n) is 1.12. The van der Waals surface area contributed by atoms with Crippen LogP contribution in [0, 0.1) is 5.92 Å². The molecule has 0 aromatic carbocycles. The maximum atomic E-state index is 9.66. The Morgan fingerprint density at radius 1 is 1.42 bits per heavy atom. The molecule has 12 heavy (non-hydrogen) atoms. The fourth-order valence-corrected chi connectivity index (χ4v) is 1.83. The molecule has 1 rings (SSSR count). The average molecular weight is 184 g/mol. The van der Waals surface area contributed by atoms with Crippen LogP contribution in [0.15, 0.2) is 16.8 Å². The van der Waals surface area contributed by atoms with Gasteiger partial charge in [-0.25, -0.2) is 0 Å². The van der Waals surface area contributed by atoms with Crippen molar-refractivity contribution in [2.24, 2.45) is 5.92 Å². The second-order valence-electron chi connectivity index (χ2n) is 3.54. The molecule has 2 heteroatoms. The molecule has 1 nitrogen and oxygen atoms in total. The number of hydrogen-bond acceptors (Lipinski definition) is 2. The third kappa shape index (κ3) is 2.95. The molecule has 0 bridgehead atoms. The average Bonchev–Trinajstić information content (AvgIpc) is 2.51. The summed E-state index contributed by atoms with van der Waals surface area (Å²) in [5.74, 6) is 0.679. The summed E-state index contributed by atoms with van der Waals surface area (Å²) in [7, 11) is 0. The Morgan fingerprint density at radius 3 is 2.67 bits per heavy atom. The summed E-state index contributed by atoms with van der Waals surface area (Å²) in [6.45, 7) is 4.36. The van der Waals surface area contributed by atoms with Gasteiger partial charge in [0.1, 0.15) is 0 Å². The first-order valence-electron chi connectivity index (χ1n) is 4.40. The highest BCUT2D eigenvalue weighted by Crippen LogP contribution is 2.22. The van der Waals surface area contributed by atoms with Crippen molar-refractivity contribution in [1.82, 2.24) is 0 Å². The van der Waals surface area contributed by atoms with Crippen LogP contribution < -0.4 is 0 Å². The van der Waals surface area contributed by atoms with E-state index in [0.29, 0.717) is 5.92 Å². The van der Waals surface area contributed by atoms with E-state index in [1.165, 1.54) is 0 Å². The Labute approximate surface area is 78.1 Å². The minimum Gasteiger partial charge on any atom is -0.388 e. The van der Waals surface area contributed by atoms with E-state index in [0.717, 1.165) is 18.4 Å². The molecule has 1 atom stereocenters. The molecule has 0 amide bonds. The predicted octanol–water partition coefficient (Wildman–Crippen LogP) is 3.22. The van der Waals surface area contributed by atoms with Crippen molar-refractivity contribution in [1.29, 1.82) is 0 Å². The standard InChI is InChI=1S/C10H16OS/c1-8(2)3-4-10(11)9-5-6-12-7-9/h5-8,10-11H,3-4H2,1-2H3. The zero-order valence-corrected chi connectivity index (χ0v) is 8.47. The number of thiophene rings is 1. The highest BCUT2D eigenvalue weighted by atomic mass is 32.1. The van der Waals surface area contributed by atoms with Gasteiger partial charge >= 0.3 is 0 Å². The smallest absolute Gasteiger partial charge is 0.0798 e. The third-order valence-corrected chi connectivity index (χ3v) is 2.65. The molecular weight excluding hydrogens is 168 g/mol. The minimum atomic E-state index is -0.251. The van der Waals surface area contributed by atoms with Gasteiger partial charge in [0.2, 0.25) is 0 Å². The monoisotopic (exact) mass is 184 g/mol. The van der Waals surface area contributed by atoms with Crippen molar-refractivity contribution >= 4 is 11.3 Å². The van der Waals surface area contributed by atoms with Crippen molar-refractivity contribution in [3.63, 3.8) is 0 Å². The van der Waals surface area contributed by atoms with Crippen molar-refractivity contribution in [3.05, 3.63) is 22.4 Å². The van der Waals surface area contributed by atoms with E-state index in [1.807, 2.05) is 16.8 Å². The van der Waals surface area contributed by atoms with Gasteiger partial charge in [0.05, 0.1) is 6.10 Å². The summed E-state index contributed by atoms with van der Waals surface area (Å²) in [6, 6.07) is 2.00. The van der Waals surface area contributed by atoms with Crippen molar-refractivity contribution in [2.75, 3.05) is 0 Å². The molecule has 0 aliphatic carbocycles. The summed E-state index contributed by atoms with van der Waals surface area (Å²) >= 11 is 1.64. The lowest BCUT2D eigenvalue weighted by atomic mass is 10.0. The Bertz CT molecular complexity index is 204. The van der Waals surface area contributed by atoms with Gasteiger partial charge in [0.25, 0.3) is 0 Å². The van der Waals surface area contributed by atoms with Crippen LogP contribution in [0.2, 0.25) is 0 Å². The molecule has 1 unspecified atom stereocenters. The van der Waals surface area contributed by atoms with Crippen molar-refractivity contribution < 1.29 is 5.11 Å². The number of aliphatic hydroxyl groups is 1. The van der Waals surface area contributed by atoms with E-state index in [9.17, 15) is 5.11 Å². The minimum absolute atomic E-state index is 0.251. The molecule has 0 aliphatic rings. The predicted molar refractivity (Wildman–Crippen MR) is 53.4 cm³/mol. The molecule has 1 aromatic heterocycles. The molecule has 0 fully saturated rings. The van der Waals surface area contributed by atoms with Crippen molar-refractivity contribution in [2.45, 2.75) is 32.8 Å². The van der Waals surface area contributed by atoms with Crippen LogP contribution in [0.1, 0.15) is 38.4 Å². The first kappa shape index (κ1) is 9.75. The van der Waals surface area contributed by atoms with Crippen LogP contribution in [0.3, 0.4) is 0 Å². The first-order valence-corrected chi connectivity index (χ1v) is 5.34. The fraction of sp³-hybridized carbons (Fsp3) is 0.600. The molecule has 0 spiro atoms. The maximum Gasteiger partial charge on any atom is 0.0798 e. The molecule has 0 saturated carbocycles. The zero-order chi connectivity index (χ0) is 8.97. The van der Waals surface area contributed by atoms with Crippen LogP contribution in [0.25, 0.3) is 0 Å². The lowest BCUT2D eigenvalue weighted by Gasteiger charge is -2.09. The highest BCUT2D eigenvalue weighted by molar-refractivity contribution is 7.07. The van der Waals surface area contributed by atoms with Gasteiger partial charge in [-0.1, -0.05) is 13.8 Å². The van der Waals surface area contributed by atoms with E-state index < -0.39 is 0 Å². The summed E-state index contributed by atoms with van der Waals surface area (Å²) < 4.78 is 0. The van der Waals surface area contributed by atoms with Gasteiger partial charge in [0, 0.05) is 0 Å². The molecule has 1 aromatic rings. The second kappa shape index (κ2) is 4.63. The van der Waals surface area contributed by atoms with Gasteiger partial charge in [-0.15, -0.1) is 0 Å². The van der Waals surface area contributed by atoms with Crippen LogP contribution in [0.5, 0.6) is 0 Å². The van der Waals surface area contributed by atoms with E-state index in [1.54, 1.807) is 11.3 Å². The van der Waals surface area contributed by atoms with E-state index >= 15 is 0 Å². The number of hydrogen-bond donors (Lipinski definition) is 1. The van der Waals surface area contributed by atoms with Crippen LogP contribution >= 0.6 is 11.3 Å². The number of aliphatic hydroxyl groups excluding tert-OH is 1. The second-order valence-corrected chi connectivity index (χ2v) is 4.32. The summed E-state index contributed by atoms with van der Waals surface area (Å²) in [5, 5.41) is 13.7. The zero-order valence-electron chi connectivity index (χ0n) is 7.66. The highest BCUT2D eigenvalue weighted by Gasteiger charge is 2.07. The maximum absolute atomic E-state index is 9.66. The molecule has 0 saturated heterocycles. The molecule has 1 N–H and O–H groups in total. The van der Waals surface area contributed by atoms with Crippen LogP contribution in [-0.2, 0) is 0 Å². The molecule has 0 radical (unpaired) electrons. The van der Waals surface area contributed by atoms with Gasteiger partial charge in [0.15, 0.2) is 0 Å². The van der Waals surface area contributed by atoms with E-state index in [-0.39, 0.29) is 6.10 Å².